The summed E-state index contributed by atoms with van der Waals surface area (Å²) >= 11 is 0. The van der Waals surface area contributed by atoms with Crippen LogP contribution < -0.4 is 5.32 Å². The van der Waals surface area contributed by atoms with Crippen LogP contribution in [0.25, 0.3) is 0 Å². The van der Waals surface area contributed by atoms with Gasteiger partial charge in [-0.15, -0.1) is 0 Å². The van der Waals surface area contributed by atoms with Crippen LogP contribution in [0.3, 0.4) is 0 Å². The van der Waals surface area contributed by atoms with Crippen molar-refractivity contribution in [3.63, 3.8) is 0 Å². The van der Waals surface area contributed by atoms with Gasteiger partial charge in [-0.1, -0.05) is 11.6 Å². The van der Waals surface area contributed by atoms with Crippen molar-refractivity contribution in [2.24, 2.45) is 0 Å². The lowest BCUT2D eigenvalue weighted by atomic mass is 10.1. The van der Waals surface area contributed by atoms with Gasteiger partial charge in [0.1, 0.15) is 11.6 Å². The molecular weight excluding hydrogens is 217 g/mol. The number of benzene rings is 1. The molecule has 0 bridgehead atoms. The van der Waals surface area contributed by atoms with Gasteiger partial charge in [-0.25, -0.2) is 4.39 Å². The van der Waals surface area contributed by atoms with Gasteiger partial charge in [0, 0.05) is 12.6 Å². The Morgan fingerprint density at radius 1 is 1.29 bits per heavy atom. The SMILES string of the molecule is Oc1cc(F)cc(CNCCC2=CCCC2)c1. The van der Waals surface area contributed by atoms with Gasteiger partial charge in [-0.2, -0.15) is 0 Å². The van der Waals surface area contributed by atoms with E-state index < -0.39 is 0 Å². The van der Waals surface area contributed by atoms with E-state index in [1.54, 1.807) is 6.07 Å². The number of rotatable bonds is 5. The van der Waals surface area contributed by atoms with Crippen molar-refractivity contribution in [3.8, 4) is 5.75 Å². The lowest BCUT2D eigenvalue weighted by molar-refractivity contribution is 0.467. The molecule has 1 aliphatic rings. The maximum atomic E-state index is 13.0. The van der Waals surface area contributed by atoms with Gasteiger partial charge >= 0.3 is 0 Å². The highest BCUT2D eigenvalue weighted by Crippen LogP contribution is 2.20. The largest absolute Gasteiger partial charge is 0.508 e. The zero-order chi connectivity index (χ0) is 12.1. The third kappa shape index (κ3) is 3.86. The topological polar surface area (TPSA) is 32.3 Å². The maximum Gasteiger partial charge on any atom is 0.127 e. The first kappa shape index (κ1) is 12.1. The van der Waals surface area contributed by atoms with E-state index in [9.17, 15) is 9.50 Å². The average molecular weight is 235 g/mol. The number of phenols is 1. The molecule has 0 spiro atoms. The summed E-state index contributed by atoms with van der Waals surface area (Å²) < 4.78 is 13.0. The Kier molecular flexibility index (Phi) is 4.15. The molecule has 0 heterocycles. The first-order valence-electron chi connectivity index (χ1n) is 6.11. The van der Waals surface area contributed by atoms with Crippen molar-refractivity contribution in [2.75, 3.05) is 6.54 Å². The van der Waals surface area contributed by atoms with Gasteiger partial charge in [0.2, 0.25) is 0 Å². The Bertz CT molecular complexity index is 394. The Morgan fingerprint density at radius 2 is 2.18 bits per heavy atom. The summed E-state index contributed by atoms with van der Waals surface area (Å²) in [6.45, 7) is 1.50. The second-order valence-electron chi connectivity index (χ2n) is 4.50. The van der Waals surface area contributed by atoms with Gasteiger partial charge in [0.25, 0.3) is 0 Å². The Balaban J connectivity index is 1.74. The van der Waals surface area contributed by atoms with Crippen LogP contribution in [-0.4, -0.2) is 11.7 Å². The second kappa shape index (κ2) is 5.82. The molecule has 0 unspecified atom stereocenters. The lowest BCUT2D eigenvalue weighted by Crippen LogP contribution is -2.15. The zero-order valence-corrected chi connectivity index (χ0v) is 9.88. The smallest absolute Gasteiger partial charge is 0.127 e. The molecule has 2 nitrogen and oxygen atoms in total. The standard InChI is InChI=1S/C14H18FNO/c15-13-7-12(8-14(17)9-13)10-16-6-5-11-3-1-2-4-11/h3,7-9,16-17H,1-2,4-6,10H2. The lowest BCUT2D eigenvalue weighted by Gasteiger charge is -2.06. The monoisotopic (exact) mass is 235 g/mol. The van der Waals surface area contributed by atoms with Crippen LogP contribution >= 0.6 is 0 Å². The minimum absolute atomic E-state index is 0.0136. The van der Waals surface area contributed by atoms with Crippen molar-refractivity contribution in [1.82, 2.24) is 5.32 Å². The summed E-state index contributed by atoms with van der Waals surface area (Å²) in [5.41, 5.74) is 2.31. The van der Waals surface area contributed by atoms with Gasteiger partial charge in [0.15, 0.2) is 0 Å². The third-order valence-corrected chi connectivity index (χ3v) is 3.03. The second-order valence-corrected chi connectivity index (χ2v) is 4.50. The Labute approximate surface area is 101 Å². The molecule has 92 valence electrons. The van der Waals surface area contributed by atoms with Gasteiger partial charge in [0.05, 0.1) is 0 Å². The van der Waals surface area contributed by atoms with Gasteiger partial charge < -0.3 is 10.4 Å². The summed E-state index contributed by atoms with van der Waals surface area (Å²) in [6.07, 6.45) is 7.11. The molecule has 0 saturated heterocycles. The fourth-order valence-corrected chi connectivity index (χ4v) is 2.18. The predicted octanol–water partition coefficient (Wildman–Crippen LogP) is 3.12. The van der Waals surface area contributed by atoms with Crippen LogP contribution in [-0.2, 0) is 6.54 Å². The van der Waals surface area contributed by atoms with E-state index >= 15 is 0 Å². The number of hydrogen-bond acceptors (Lipinski definition) is 2. The molecule has 17 heavy (non-hydrogen) atoms. The highest BCUT2D eigenvalue weighted by atomic mass is 19.1. The highest BCUT2D eigenvalue weighted by Gasteiger charge is 2.04. The summed E-state index contributed by atoms with van der Waals surface area (Å²) in [5.74, 6) is -0.402. The number of phenolic OH excluding ortho intramolecular Hbond substituents is 1. The molecule has 0 radical (unpaired) electrons. The van der Waals surface area contributed by atoms with Gasteiger partial charge in [-0.3, -0.25) is 0 Å². The molecule has 0 fully saturated rings. The van der Waals surface area contributed by atoms with Crippen molar-refractivity contribution in [2.45, 2.75) is 32.2 Å². The molecule has 0 amide bonds. The van der Waals surface area contributed by atoms with E-state index in [4.69, 9.17) is 0 Å². The summed E-state index contributed by atoms with van der Waals surface area (Å²) in [4.78, 5) is 0. The van der Waals surface area contributed by atoms with E-state index in [1.807, 2.05) is 0 Å². The minimum atomic E-state index is -0.389. The highest BCUT2D eigenvalue weighted by molar-refractivity contribution is 5.28. The Morgan fingerprint density at radius 3 is 2.88 bits per heavy atom. The summed E-state index contributed by atoms with van der Waals surface area (Å²) in [7, 11) is 0. The molecular formula is C14H18FNO. The fourth-order valence-electron chi connectivity index (χ4n) is 2.18. The predicted molar refractivity (Wildman–Crippen MR) is 66.3 cm³/mol. The maximum absolute atomic E-state index is 13.0. The van der Waals surface area contributed by atoms with Crippen molar-refractivity contribution in [1.29, 1.82) is 0 Å². The quantitative estimate of drug-likeness (QED) is 0.607. The zero-order valence-electron chi connectivity index (χ0n) is 9.88. The van der Waals surface area contributed by atoms with Crippen molar-refractivity contribution in [3.05, 3.63) is 41.2 Å². The molecule has 3 heteroatoms. The Hall–Kier alpha value is -1.35. The molecule has 2 rings (SSSR count). The number of hydrogen-bond donors (Lipinski definition) is 2. The first-order valence-corrected chi connectivity index (χ1v) is 6.11. The molecule has 1 aromatic rings. The number of halogens is 1. The van der Waals surface area contributed by atoms with Crippen molar-refractivity contribution >= 4 is 0 Å². The van der Waals surface area contributed by atoms with E-state index in [2.05, 4.69) is 11.4 Å². The molecule has 1 aliphatic carbocycles. The van der Waals surface area contributed by atoms with Crippen LogP contribution in [0.4, 0.5) is 4.39 Å². The molecule has 0 aromatic heterocycles. The number of aromatic hydroxyl groups is 1. The molecule has 2 N–H and O–H groups in total. The van der Waals surface area contributed by atoms with Crippen LogP contribution in [0.5, 0.6) is 5.75 Å². The van der Waals surface area contributed by atoms with Crippen molar-refractivity contribution < 1.29 is 9.50 Å². The van der Waals surface area contributed by atoms with Crippen LogP contribution in [0.15, 0.2) is 29.8 Å². The van der Waals surface area contributed by atoms with Crippen LogP contribution in [0, 0.1) is 5.82 Å². The number of allylic oxidation sites excluding steroid dienone is 1. The number of nitrogens with one attached hydrogen (secondary N) is 1. The van der Waals surface area contributed by atoms with Gasteiger partial charge in [-0.05, 0) is 49.9 Å². The minimum Gasteiger partial charge on any atom is -0.508 e. The summed E-state index contributed by atoms with van der Waals surface area (Å²) in [5, 5.41) is 12.5. The molecule has 1 aromatic carbocycles. The van der Waals surface area contributed by atoms with Crippen LogP contribution in [0.2, 0.25) is 0 Å². The fraction of sp³-hybridized carbons (Fsp3) is 0.429. The first-order chi connectivity index (χ1) is 8.24. The summed E-state index contributed by atoms with van der Waals surface area (Å²) in [6, 6.07) is 4.15. The molecule has 0 aliphatic heterocycles. The van der Waals surface area contributed by atoms with E-state index in [-0.39, 0.29) is 11.6 Å². The normalized spacial score (nSPS) is 15.0. The molecule has 0 saturated carbocycles. The van der Waals surface area contributed by atoms with E-state index in [1.165, 1.54) is 30.9 Å². The average Bonchev–Trinajstić information content (AvgIpc) is 2.76. The third-order valence-electron chi connectivity index (χ3n) is 3.03. The van der Waals surface area contributed by atoms with Crippen LogP contribution in [0.1, 0.15) is 31.2 Å². The van der Waals surface area contributed by atoms with E-state index in [0.29, 0.717) is 6.54 Å². The molecule has 0 atom stereocenters. The van der Waals surface area contributed by atoms with E-state index in [0.717, 1.165) is 24.6 Å².